The zero-order valence-electron chi connectivity index (χ0n) is 13.8. The molecule has 0 bridgehead atoms. The van der Waals surface area contributed by atoms with Gasteiger partial charge in [0.15, 0.2) is 0 Å². The summed E-state index contributed by atoms with van der Waals surface area (Å²) < 4.78 is 32.8. The zero-order valence-corrected chi connectivity index (χ0v) is 13.8. The molecule has 0 spiro atoms. The molecular formula is C19H19F2NO3. The molecule has 2 N–H and O–H groups in total. The van der Waals surface area contributed by atoms with Crippen LogP contribution in [0.4, 0.5) is 8.78 Å². The molecule has 0 radical (unpaired) electrons. The van der Waals surface area contributed by atoms with E-state index in [2.05, 4.69) is 5.32 Å². The van der Waals surface area contributed by atoms with Crippen molar-refractivity contribution >= 4 is 5.97 Å². The molecule has 2 aromatic rings. The molecule has 3 rings (SSSR count). The average Bonchev–Trinajstić information content (AvgIpc) is 2.90. The number of benzene rings is 2. The van der Waals surface area contributed by atoms with Gasteiger partial charge in [-0.3, -0.25) is 4.79 Å². The number of hydrogen-bond donors (Lipinski definition) is 2. The second kappa shape index (κ2) is 7.19. The summed E-state index contributed by atoms with van der Waals surface area (Å²) in [5.74, 6) is -1.64. The van der Waals surface area contributed by atoms with Gasteiger partial charge >= 0.3 is 5.97 Å². The molecule has 0 aliphatic carbocycles. The fourth-order valence-corrected chi connectivity index (χ4v) is 3.08. The first kappa shape index (κ1) is 17.4. The number of carboxylic acid groups (broad SMARTS) is 1. The number of rotatable bonds is 6. The summed E-state index contributed by atoms with van der Waals surface area (Å²) in [6, 6.07) is 8.21. The molecule has 0 aromatic heterocycles. The van der Waals surface area contributed by atoms with Crippen LogP contribution < -0.4 is 10.1 Å². The molecule has 0 saturated carbocycles. The van der Waals surface area contributed by atoms with Crippen LogP contribution in [-0.4, -0.2) is 17.2 Å². The van der Waals surface area contributed by atoms with Crippen molar-refractivity contribution in [2.75, 3.05) is 0 Å². The number of carbonyl (C=O) groups is 1. The topological polar surface area (TPSA) is 58.6 Å². The molecule has 2 aromatic carbocycles. The molecule has 132 valence electrons. The van der Waals surface area contributed by atoms with Crippen LogP contribution in [0.3, 0.4) is 0 Å². The number of carboxylic acids is 1. The van der Waals surface area contributed by atoms with Crippen LogP contribution >= 0.6 is 0 Å². The highest BCUT2D eigenvalue weighted by Crippen LogP contribution is 2.29. The maximum absolute atomic E-state index is 14.0. The highest BCUT2D eigenvalue weighted by molar-refractivity contribution is 5.68. The van der Waals surface area contributed by atoms with Gasteiger partial charge in [-0.2, -0.15) is 0 Å². The normalized spacial score (nSPS) is 17.0. The molecule has 0 fully saturated rings. The molecule has 2 atom stereocenters. The maximum atomic E-state index is 14.0. The molecule has 0 saturated heterocycles. The highest BCUT2D eigenvalue weighted by Gasteiger charge is 2.21. The monoisotopic (exact) mass is 347 g/mol. The number of halogens is 2. The molecule has 1 aliphatic heterocycles. The fourth-order valence-electron chi connectivity index (χ4n) is 3.08. The van der Waals surface area contributed by atoms with Crippen molar-refractivity contribution in [1.29, 1.82) is 0 Å². The highest BCUT2D eigenvalue weighted by atomic mass is 19.1. The quantitative estimate of drug-likeness (QED) is 0.838. The number of aliphatic carboxylic acids is 1. The van der Waals surface area contributed by atoms with Crippen LogP contribution in [0.2, 0.25) is 0 Å². The Morgan fingerprint density at radius 1 is 1.32 bits per heavy atom. The summed E-state index contributed by atoms with van der Waals surface area (Å²) in [5.41, 5.74) is 2.20. The van der Waals surface area contributed by atoms with E-state index >= 15 is 0 Å². The van der Waals surface area contributed by atoms with E-state index in [9.17, 15) is 13.6 Å². The van der Waals surface area contributed by atoms with Gasteiger partial charge in [-0.15, -0.1) is 0 Å². The third-order valence-corrected chi connectivity index (χ3v) is 4.23. The second-order valence-electron chi connectivity index (χ2n) is 6.27. The van der Waals surface area contributed by atoms with E-state index < -0.39 is 23.6 Å². The Balaban J connectivity index is 1.75. The van der Waals surface area contributed by atoms with Crippen molar-refractivity contribution < 1.29 is 23.4 Å². The van der Waals surface area contributed by atoms with Gasteiger partial charge in [0.2, 0.25) is 0 Å². The lowest BCUT2D eigenvalue weighted by Crippen LogP contribution is -2.24. The van der Waals surface area contributed by atoms with Crippen molar-refractivity contribution in [2.45, 2.75) is 38.5 Å². The molecule has 4 nitrogen and oxygen atoms in total. The lowest BCUT2D eigenvalue weighted by Gasteiger charge is -2.18. The number of ether oxygens (including phenoxy) is 1. The van der Waals surface area contributed by atoms with Crippen molar-refractivity contribution in [1.82, 2.24) is 5.32 Å². The van der Waals surface area contributed by atoms with E-state index in [1.165, 1.54) is 6.07 Å². The number of nitrogens with one attached hydrogen (secondary N) is 1. The van der Waals surface area contributed by atoms with Gasteiger partial charge < -0.3 is 15.2 Å². The first-order valence-corrected chi connectivity index (χ1v) is 8.11. The molecule has 1 heterocycles. The minimum Gasteiger partial charge on any atom is -0.490 e. The summed E-state index contributed by atoms with van der Waals surface area (Å²) in [6.07, 6.45) is 0.674. The van der Waals surface area contributed by atoms with Crippen LogP contribution in [0.1, 0.15) is 36.1 Å². The first-order chi connectivity index (χ1) is 11.9. The Morgan fingerprint density at radius 2 is 2.12 bits per heavy atom. The van der Waals surface area contributed by atoms with Gasteiger partial charge in [-0.1, -0.05) is 18.2 Å². The predicted octanol–water partition coefficient (Wildman–Crippen LogP) is 3.59. The lowest BCUT2D eigenvalue weighted by atomic mass is 10.0. The summed E-state index contributed by atoms with van der Waals surface area (Å²) in [6.45, 7) is 2.37. The second-order valence-corrected chi connectivity index (χ2v) is 6.27. The smallest absolute Gasteiger partial charge is 0.305 e. The van der Waals surface area contributed by atoms with E-state index in [0.29, 0.717) is 6.54 Å². The third kappa shape index (κ3) is 4.14. The van der Waals surface area contributed by atoms with Gasteiger partial charge in [0.25, 0.3) is 0 Å². The average molecular weight is 347 g/mol. The van der Waals surface area contributed by atoms with Crippen LogP contribution in [0.25, 0.3) is 0 Å². The van der Waals surface area contributed by atoms with Crippen LogP contribution in [0.15, 0.2) is 36.4 Å². The number of hydrogen-bond acceptors (Lipinski definition) is 3. The minimum absolute atomic E-state index is 0.141. The van der Waals surface area contributed by atoms with E-state index in [1.54, 1.807) is 0 Å². The lowest BCUT2D eigenvalue weighted by molar-refractivity contribution is -0.137. The molecule has 1 aliphatic rings. The van der Waals surface area contributed by atoms with Crippen molar-refractivity contribution in [2.24, 2.45) is 0 Å². The summed E-state index contributed by atoms with van der Waals surface area (Å²) >= 11 is 0. The van der Waals surface area contributed by atoms with Crippen molar-refractivity contribution in [3.05, 3.63) is 64.7 Å². The zero-order chi connectivity index (χ0) is 18.0. The van der Waals surface area contributed by atoms with E-state index in [-0.39, 0.29) is 18.1 Å². The van der Waals surface area contributed by atoms with Gasteiger partial charge in [0.05, 0.1) is 6.42 Å². The van der Waals surface area contributed by atoms with Gasteiger partial charge in [-0.25, -0.2) is 8.78 Å². The number of fused-ring (bicyclic) bond motifs is 1. The molecule has 6 heteroatoms. The summed E-state index contributed by atoms with van der Waals surface area (Å²) in [7, 11) is 0. The van der Waals surface area contributed by atoms with Crippen LogP contribution in [0.5, 0.6) is 5.75 Å². The van der Waals surface area contributed by atoms with E-state index in [0.717, 1.165) is 35.4 Å². The van der Waals surface area contributed by atoms with Crippen molar-refractivity contribution in [3.63, 3.8) is 0 Å². The maximum Gasteiger partial charge on any atom is 0.305 e. The SMILES string of the molecule is CC1Cc2cc(CN[C@H](CC(=O)O)c3ccc(F)cc3F)ccc2O1. The van der Waals surface area contributed by atoms with E-state index in [4.69, 9.17) is 9.84 Å². The summed E-state index contributed by atoms with van der Waals surface area (Å²) in [5, 5.41) is 12.2. The molecule has 25 heavy (non-hydrogen) atoms. The summed E-state index contributed by atoms with van der Waals surface area (Å²) in [4.78, 5) is 11.1. The Kier molecular flexibility index (Phi) is 4.99. The van der Waals surface area contributed by atoms with Gasteiger partial charge in [0.1, 0.15) is 23.5 Å². The Bertz CT molecular complexity index is 794. The van der Waals surface area contributed by atoms with Crippen LogP contribution in [-0.2, 0) is 17.8 Å². The first-order valence-electron chi connectivity index (χ1n) is 8.11. The van der Waals surface area contributed by atoms with Crippen LogP contribution in [0, 0.1) is 11.6 Å². The van der Waals surface area contributed by atoms with Crippen molar-refractivity contribution in [3.8, 4) is 5.75 Å². The van der Waals surface area contributed by atoms with Gasteiger partial charge in [0, 0.05) is 30.6 Å². The third-order valence-electron chi connectivity index (χ3n) is 4.23. The Morgan fingerprint density at radius 3 is 2.84 bits per heavy atom. The standard InChI is InChI=1S/C19H19F2NO3/c1-11-6-13-7-12(2-5-18(13)25-11)10-22-17(9-19(23)24)15-4-3-14(20)8-16(15)21/h2-5,7-8,11,17,22H,6,9-10H2,1H3,(H,23,24)/t11?,17-/m1/s1. The predicted molar refractivity (Wildman–Crippen MR) is 88.4 cm³/mol. The molecular weight excluding hydrogens is 328 g/mol. The fraction of sp³-hybridized carbons (Fsp3) is 0.316. The molecule has 0 amide bonds. The minimum atomic E-state index is -1.06. The Hall–Kier alpha value is -2.47. The Labute approximate surface area is 144 Å². The molecule has 1 unspecified atom stereocenters. The largest absolute Gasteiger partial charge is 0.490 e. The van der Waals surface area contributed by atoms with Gasteiger partial charge in [-0.05, 0) is 30.2 Å². The van der Waals surface area contributed by atoms with E-state index in [1.807, 2.05) is 25.1 Å².